The molecule has 0 saturated carbocycles. The van der Waals surface area contributed by atoms with Crippen LogP contribution in [-0.4, -0.2) is 21.8 Å². The van der Waals surface area contributed by atoms with Crippen molar-refractivity contribution in [1.82, 2.24) is 9.97 Å². The third-order valence-electron chi connectivity index (χ3n) is 4.52. The molecule has 0 radical (unpaired) electrons. The van der Waals surface area contributed by atoms with Crippen molar-refractivity contribution in [1.29, 1.82) is 0 Å². The molecule has 0 aliphatic carbocycles. The van der Waals surface area contributed by atoms with Gasteiger partial charge >= 0.3 is 0 Å². The van der Waals surface area contributed by atoms with Crippen molar-refractivity contribution in [2.75, 3.05) is 10.6 Å². The van der Waals surface area contributed by atoms with E-state index in [0.717, 1.165) is 27.5 Å². The average molecular weight is 372 g/mol. The van der Waals surface area contributed by atoms with E-state index in [4.69, 9.17) is 0 Å². The number of rotatable bonds is 5. The number of aryl methyl sites for hydroxylation is 1. The normalized spacial score (nSPS) is 10.9. The SMILES string of the molecule is CC(=O)Nc1cccc(NC(=O)CCc2cc3c(cn2)[nH]c2ccccc23)c1. The van der Waals surface area contributed by atoms with E-state index >= 15 is 0 Å². The number of amides is 2. The monoisotopic (exact) mass is 372 g/mol. The molecule has 0 saturated heterocycles. The van der Waals surface area contributed by atoms with Crippen LogP contribution in [0.4, 0.5) is 11.4 Å². The number of aromatic amines is 1. The van der Waals surface area contributed by atoms with E-state index in [-0.39, 0.29) is 11.8 Å². The van der Waals surface area contributed by atoms with Crippen molar-refractivity contribution < 1.29 is 9.59 Å². The third-order valence-corrected chi connectivity index (χ3v) is 4.52. The van der Waals surface area contributed by atoms with Crippen molar-refractivity contribution >= 4 is 45.0 Å². The zero-order chi connectivity index (χ0) is 19.5. The summed E-state index contributed by atoms with van der Waals surface area (Å²) in [6.07, 6.45) is 2.69. The number of para-hydroxylation sites is 1. The number of anilines is 2. The van der Waals surface area contributed by atoms with Gasteiger partial charge in [-0.1, -0.05) is 24.3 Å². The van der Waals surface area contributed by atoms with Gasteiger partial charge in [-0.15, -0.1) is 0 Å². The van der Waals surface area contributed by atoms with Crippen LogP contribution in [0, 0.1) is 0 Å². The van der Waals surface area contributed by atoms with Gasteiger partial charge in [-0.2, -0.15) is 0 Å². The number of pyridine rings is 1. The lowest BCUT2D eigenvalue weighted by molar-refractivity contribution is -0.116. The quantitative estimate of drug-likeness (QED) is 0.489. The number of hydrogen-bond acceptors (Lipinski definition) is 3. The van der Waals surface area contributed by atoms with E-state index in [2.05, 4.69) is 26.7 Å². The fourth-order valence-electron chi connectivity index (χ4n) is 3.27. The molecule has 2 aromatic heterocycles. The summed E-state index contributed by atoms with van der Waals surface area (Å²) in [7, 11) is 0. The molecule has 4 rings (SSSR count). The molecule has 2 aromatic carbocycles. The summed E-state index contributed by atoms with van der Waals surface area (Å²) in [6, 6.07) is 17.2. The molecule has 6 heteroatoms. The van der Waals surface area contributed by atoms with Gasteiger partial charge in [0.2, 0.25) is 11.8 Å². The zero-order valence-electron chi connectivity index (χ0n) is 15.5. The standard InChI is InChI=1S/C22H20N4O2/c1-14(27)24-16-5-4-6-17(11-16)25-22(28)10-9-15-12-19-18-7-2-3-8-20(18)26-21(19)13-23-15/h2-8,11-13,26H,9-10H2,1H3,(H,24,27)(H,25,28). The maximum atomic E-state index is 12.3. The van der Waals surface area contributed by atoms with Crippen molar-refractivity contribution in [3.63, 3.8) is 0 Å². The van der Waals surface area contributed by atoms with Crippen molar-refractivity contribution in [3.05, 3.63) is 66.5 Å². The molecule has 4 aromatic rings. The number of benzene rings is 2. The highest BCUT2D eigenvalue weighted by molar-refractivity contribution is 6.07. The first-order chi connectivity index (χ1) is 13.6. The molecule has 0 aliphatic heterocycles. The second-order valence-electron chi connectivity index (χ2n) is 6.70. The first-order valence-electron chi connectivity index (χ1n) is 9.11. The molecule has 0 bridgehead atoms. The molecule has 28 heavy (non-hydrogen) atoms. The van der Waals surface area contributed by atoms with Gasteiger partial charge in [-0.05, 0) is 36.8 Å². The maximum absolute atomic E-state index is 12.3. The minimum absolute atomic E-state index is 0.0965. The Bertz CT molecular complexity index is 1180. The lowest BCUT2D eigenvalue weighted by Gasteiger charge is -2.08. The van der Waals surface area contributed by atoms with Crippen molar-refractivity contribution in [2.24, 2.45) is 0 Å². The molecule has 0 spiro atoms. The van der Waals surface area contributed by atoms with E-state index in [1.807, 2.05) is 30.5 Å². The van der Waals surface area contributed by atoms with Crippen LogP contribution >= 0.6 is 0 Å². The average Bonchev–Trinajstić information content (AvgIpc) is 3.04. The minimum Gasteiger partial charge on any atom is -0.353 e. The molecule has 2 amide bonds. The summed E-state index contributed by atoms with van der Waals surface area (Å²) in [6.45, 7) is 1.45. The van der Waals surface area contributed by atoms with Crippen LogP contribution in [0.5, 0.6) is 0 Å². The second-order valence-corrected chi connectivity index (χ2v) is 6.70. The van der Waals surface area contributed by atoms with Gasteiger partial charge < -0.3 is 15.6 Å². The Hall–Kier alpha value is -3.67. The molecule has 3 N–H and O–H groups in total. The van der Waals surface area contributed by atoms with Crippen LogP contribution in [0.1, 0.15) is 19.0 Å². The Morgan fingerprint density at radius 2 is 1.71 bits per heavy atom. The fourth-order valence-corrected chi connectivity index (χ4v) is 3.27. The Balaban J connectivity index is 1.43. The van der Waals surface area contributed by atoms with Crippen LogP contribution in [0.15, 0.2) is 60.8 Å². The Kier molecular flexibility index (Phi) is 4.76. The van der Waals surface area contributed by atoms with Crippen LogP contribution in [0.25, 0.3) is 21.8 Å². The first kappa shape index (κ1) is 17.7. The smallest absolute Gasteiger partial charge is 0.224 e. The molecule has 0 fully saturated rings. The molecular formula is C22H20N4O2. The van der Waals surface area contributed by atoms with Gasteiger partial charge in [0, 0.05) is 46.7 Å². The van der Waals surface area contributed by atoms with Gasteiger partial charge in [0.25, 0.3) is 0 Å². The van der Waals surface area contributed by atoms with E-state index in [9.17, 15) is 9.59 Å². The third kappa shape index (κ3) is 3.86. The van der Waals surface area contributed by atoms with Gasteiger partial charge in [-0.3, -0.25) is 14.6 Å². The maximum Gasteiger partial charge on any atom is 0.224 e. The summed E-state index contributed by atoms with van der Waals surface area (Å²) < 4.78 is 0. The lowest BCUT2D eigenvalue weighted by atomic mass is 10.1. The van der Waals surface area contributed by atoms with Crippen LogP contribution in [-0.2, 0) is 16.0 Å². The number of carbonyl (C=O) groups is 2. The Labute approximate surface area is 162 Å². The molecular weight excluding hydrogens is 352 g/mol. The first-order valence-corrected chi connectivity index (χ1v) is 9.11. The highest BCUT2D eigenvalue weighted by Crippen LogP contribution is 2.25. The van der Waals surface area contributed by atoms with Crippen LogP contribution in [0.2, 0.25) is 0 Å². The molecule has 0 atom stereocenters. The predicted octanol–water partition coefficient (Wildman–Crippen LogP) is 4.25. The summed E-state index contributed by atoms with van der Waals surface area (Å²) in [5.74, 6) is -0.247. The number of aromatic nitrogens is 2. The summed E-state index contributed by atoms with van der Waals surface area (Å²) in [4.78, 5) is 31.3. The summed E-state index contributed by atoms with van der Waals surface area (Å²) in [5, 5.41) is 7.83. The number of fused-ring (bicyclic) bond motifs is 3. The Morgan fingerprint density at radius 1 is 0.929 bits per heavy atom. The number of hydrogen-bond donors (Lipinski definition) is 3. The van der Waals surface area contributed by atoms with E-state index in [0.29, 0.717) is 24.2 Å². The van der Waals surface area contributed by atoms with Crippen LogP contribution in [0.3, 0.4) is 0 Å². The molecule has 2 heterocycles. The fraction of sp³-hybridized carbons (Fsp3) is 0.136. The number of nitrogens with one attached hydrogen (secondary N) is 3. The summed E-state index contributed by atoms with van der Waals surface area (Å²) >= 11 is 0. The lowest BCUT2D eigenvalue weighted by Crippen LogP contribution is -2.13. The molecule has 140 valence electrons. The van der Waals surface area contributed by atoms with E-state index in [1.165, 1.54) is 6.92 Å². The van der Waals surface area contributed by atoms with Crippen molar-refractivity contribution in [3.8, 4) is 0 Å². The molecule has 0 aliphatic rings. The zero-order valence-corrected chi connectivity index (χ0v) is 15.5. The van der Waals surface area contributed by atoms with Gasteiger partial charge in [0.15, 0.2) is 0 Å². The van der Waals surface area contributed by atoms with Gasteiger partial charge in [-0.25, -0.2) is 0 Å². The van der Waals surface area contributed by atoms with Gasteiger partial charge in [0.1, 0.15) is 0 Å². The number of H-pyrrole nitrogens is 1. The largest absolute Gasteiger partial charge is 0.353 e. The Morgan fingerprint density at radius 3 is 2.54 bits per heavy atom. The predicted molar refractivity (Wildman–Crippen MR) is 111 cm³/mol. The molecule has 0 unspecified atom stereocenters. The number of carbonyl (C=O) groups excluding carboxylic acids is 2. The second kappa shape index (κ2) is 7.52. The minimum atomic E-state index is -0.151. The summed E-state index contributed by atoms with van der Waals surface area (Å²) in [5.41, 5.74) is 4.24. The van der Waals surface area contributed by atoms with Gasteiger partial charge in [0.05, 0.1) is 11.7 Å². The van der Waals surface area contributed by atoms with Crippen LogP contribution < -0.4 is 10.6 Å². The molecule has 6 nitrogen and oxygen atoms in total. The topological polar surface area (TPSA) is 86.9 Å². The van der Waals surface area contributed by atoms with E-state index < -0.39 is 0 Å². The number of nitrogens with zero attached hydrogens (tertiary/aromatic N) is 1. The van der Waals surface area contributed by atoms with E-state index in [1.54, 1.807) is 24.3 Å². The highest BCUT2D eigenvalue weighted by atomic mass is 16.2. The highest BCUT2D eigenvalue weighted by Gasteiger charge is 2.08. The van der Waals surface area contributed by atoms with Crippen molar-refractivity contribution in [2.45, 2.75) is 19.8 Å².